The average molecular weight is 325 g/mol. The minimum atomic E-state index is 0.0984. The maximum atomic E-state index is 4.54. The molecular formula is C22H19N3. The Balaban J connectivity index is 1.83. The number of hydrogen-bond donors (Lipinski definition) is 2. The first-order valence-electron chi connectivity index (χ1n) is 8.61. The highest BCUT2D eigenvalue weighted by atomic mass is 14.9. The van der Waals surface area contributed by atoms with E-state index in [0.717, 1.165) is 5.65 Å². The van der Waals surface area contributed by atoms with E-state index >= 15 is 0 Å². The molecule has 0 spiro atoms. The van der Waals surface area contributed by atoms with Crippen LogP contribution < -0.4 is 5.32 Å². The van der Waals surface area contributed by atoms with E-state index in [4.69, 9.17) is 0 Å². The van der Waals surface area contributed by atoms with Crippen molar-refractivity contribution in [3.05, 3.63) is 83.2 Å². The van der Waals surface area contributed by atoms with Gasteiger partial charge in [0.25, 0.3) is 0 Å². The highest BCUT2D eigenvalue weighted by Gasteiger charge is 2.25. The standard InChI is InChI=1S/C22H19N3/c1-13-3-6-15(7-4-13)21-18-12-24-22-20(18)16(9-10-23-22)17-11-14(2)5-8-19(17)25-21/h3-12,21,25H,1-2H3,(H,23,24). The topological polar surface area (TPSA) is 40.7 Å². The number of nitrogens with one attached hydrogen (secondary N) is 2. The summed E-state index contributed by atoms with van der Waals surface area (Å²) < 4.78 is 0. The van der Waals surface area contributed by atoms with Gasteiger partial charge in [-0.15, -0.1) is 0 Å². The van der Waals surface area contributed by atoms with Gasteiger partial charge < -0.3 is 10.3 Å². The predicted molar refractivity (Wildman–Crippen MR) is 103 cm³/mol. The van der Waals surface area contributed by atoms with Crippen LogP contribution in [0.3, 0.4) is 0 Å². The summed E-state index contributed by atoms with van der Waals surface area (Å²) in [7, 11) is 0. The summed E-state index contributed by atoms with van der Waals surface area (Å²) in [5, 5.41) is 4.98. The Morgan fingerprint density at radius 2 is 1.68 bits per heavy atom. The van der Waals surface area contributed by atoms with Gasteiger partial charge in [0.05, 0.1) is 6.04 Å². The quantitative estimate of drug-likeness (QED) is 0.494. The second-order valence-electron chi connectivity index (χ2n) is 6.86. The second-order valence-corrected chi connectivity index (χ2v) is 6.86. The zero-order valence-corrected chi connectivity index (χ0v) is 14.3. The number of pyridine rings is 1. The zero-order chi connectivity index (χ0) is 17.0. The highest BCUT2D eigenvalue weighted by molar-refractivity contribution is 6.01. The van der Waals surface area contributed by atoms with Gasteiger partial charge in [0.2, 0.25) is 0 Å². The van der Waals surface area contributed by atoms with Gasteiger partial charge in [-0.25, -0.2) is 4.98 Å². The average Bonchev–Trinajstić information content (AvgIpc) is 2.99. The fraction of sp³-hybridized carbons (Fsp3) is 0.136. The lowest BCUT2D eigenvalue weighted by molar-refractivity contribution is 0.951. The number of anilines is 1. The van der Waals surface area contributed by atoms with Crippen LogP contribution in [0.2, 0.25) is 0 Å². The van der Waals surface area contributed by atoms with E-state index in [-0.39, 0.29) is 6.04 Å². The van der Waals surface area contributed by atoms with E-state index in [1.807, 2.05) is 6.20 Å². The van der Waals surface area contributed by atoms with Gasteiger partial charge in [0.1, 0.15) is 5.65 Å². The van der Waals surface area contributed by atoms with Crippen LogP contribution in [-0.4, -0.2) is 9.97 Å². The maximum absolute atomic E-state index is 4.54. The number of nitrogens with zero attached hydrogens (tertiary/aromatic N) is 1. The van der Waals surface area contributed by atoms with Crippen molar-refractivity contribution in [2.24, 2.45) is 0 Å². The molecule has 5 rings (SSSR count). The summed E-state index contributed by atoms with van der Waals surface area (Å²) in [5.41, 5.74) is 9.63. The molecule has 4 aromatic rings. The molecule has 1 unspecified atom stereocenters. The SMILES string of the molecule is Cc1ccc(C2Nc3ccc(C)cc3-c3ccnc4[nH]cc2c34)cc1. The van der Waals surface area contributed by atoms with Gasteiger partial charge in [0, 0.05) is 34.6 Å². The summed E-state index contributed by atoms with van der Waals surface area (Å²) in [6.45, 7) is 4.26. The first-order valence-corrected chi connectivity index (χ1v) is 8.61. The van der Waals surface area contributed by atoms with Gasteiger partial charge in [0.15, 0.2) is 0 Å². The fourth-order valence-corrected chi connectivity index (χ4v) is 3.80. The number of aromatic nitrogens is 2. The molecule has 0 saturated carbocycles. The predicted octanol–water partition coefficient (Wildman–Crippen LogP) is 5.36. The molecule has 3 heterocycles. The molecule has 1 aliphatic heterocycles. The van der Waals surface area contributed by atoms with Crippen LogP contribution in [0.4, 0.5) is 5.69 Å². The normalized spacial score (nSPS) is 15.5. The van der Waals surface area contributed by atoms with E-state index in [2.05, 4.69) is 83.9 Å². The fourth-order valence-electron chi connectivity index (χ4n) is 3.80. The number of hydrogen-bond acceptors (Lipinski definition) is 2. The number of aromatic amines is 1. The molecule has 122 valence electrons. The van der Waals surface area contributed by atoms with Crippen molar-refractivity contribution in [3.8, 4) is 11.1 Å². The first kappa shape index (κ1) is 14.3. The molecule has 3 heteroatoms. The molecule has 2 N–H and O–H groups in total. The van der Waals surface area contributed by atoms with Crippen LogP contribution >= 0.6 is 0 Å². The van der Waals surface area contributed by atoms with Crippen molar-refractivity contribution in [1.82, 2.24) is 9.97 Å². The molecule has 1 atom stereocenters. The van der Waals surface area contributed by atoms with Gasteiger partial charge in [-0.2, -0.15) is 0 Å². The molecule has 0 aliphatic carbocycles. The molecule has 0 bridgehead atoms. The largest absolute Gasteiger partial charge is 0.374 e. The minimum absolute atomic E-state index is 0.0984. The van der Waals surface area contributed by atoms with Crippen LogP contribution in [0.5, 0.6) is 0 Å². The molecule has 25 heavy (non-hydrogen) atoms. The van der Waals surface area contributed by atoms with E-state index in [1.165, 1.54) is 44.5 Å². The Hall–Kier alpha value is -3.07. The van der Waals surface area contributed by atoms with E-state index in [1.54, 1.807) is 0 Å². The minimum Gasteiger partial charge on any atom is -0.374 e. The molecule has 0 radical (unpaired) electrons. The summed E-state index contributed by atoms with van der Waals surface area (Å²) in [5.74, 6) is 0. The van der Waals surface area contributed by atoms with Crippen LogP contribution in [0, 0.1) is 13.8 Å². The number of rotatable bonds is 1. The third-order valence-electron chi connectivity index (χ3n) is 5.09. The number of fused-ring (bicyclic) bond motifs is 2. The lowest BCUT2D eigenvalue weighted by Gasteiger charge is -2.20. The first-order chi connectivity index (χ1) is 12.2. The number of benzene rings is 2. The molecule has 0 fully saturated rings. The van der Waals surface area contributed by atoms with Crippen molar-refractivity contribution < 1.29 is 0 Å². The smallest absolute Gasteiger partial charge is 0.138 e. The summed E-state index contributed by atoms with van der Waals surface area (Å²) in [6, 6.07) is 17.6. The Morgan fingerprint density at radius 1 is 0.880 bits per heavy atom. The van der Waals surface area contributed by atoms with E-state index in [0.29, 0.717) is 0 Å². The van der Waals surface area contributed by atoms with Crippen LogP contribution in [-0.2, 0) is 0 Å². The Morgan fingerprint density at radius 3 is 2.52 bits per heavy atom. The lowest BCUT2D eigenvalue weighted by Crippen LogP contribution is -2.11. The lowest BCUT2D eigenvalue weighted by atomic mass is 9.96. The molecule has 2 aromatic carbocycles. The van der Waals surface area contributed by atoms with Crippen LogP contribution in [0.25, 0.3) is 22.2 Å². The Bertz CT molecular complexity index is 1090. The summed E-state index contributed by atoms with van der Waals surface area (Å²) >= 11 is 0. The molecule has 1 aliphatic rings. The van der Waals surface area contributed by atoms with Gasteiger partial charge >= 0.3 is 0 Å². The Kier molecular flexibility index (Phi) is 2.98. The van der Waals surface area contributed by atoms with Crippen molar-refractivity contribution >= 4 is 16.7 Å². The van der Waals surface area contributed by atoms with Crippen LogP contribution in [0.15, 0.2) is 60.9 Å². The van der Waals surface area contributed by atoms with Gasteiger partial charge in [-0.05, 0) is 43.2 Å². The van der Waals surface area contributed by atoms with Crippen molar-refractivity contribution in [2.45, 2.75) is 19.9 Å². The zero-order valence-electron chi connectivity index (χ0n) is 14.3. The van der Waals surface area contributed by atoms with Crippen molar-refractivity contribution in [1.29, 1.82) is 0 Å². The Labute approximate surface area is 146 Å². The third-order valence-corrected chi connectivity index (χ3v) is 5.09. The molecule has 2 aromatic heterocycles. The number of H-pyrrole nitrogens is 1. The molecule has 3 nitrogen and oxygen atoms in total. The molecule has 0 amide bonds. The van der Waals surface area contributed by atoms with Gasteiger partial charge in [-0.3, -0.25) is 0 Å². The number of aryl methyl sites for hydroxylation is 2. The third kappa shape index (κ3) is 2.16. The van der Waals surface area contributed by atoms with E-state index in [9.17, 15) is 0 Å². The van der Waals surface area contributed by atoms with Crippen molar-refractivity contribution in [3.63, 3.8) is 0 Å². The maximum Gasteiger partial charge on any atom is 0.138 e. The summed E-state index contributed by atoms with van der Waals surface area (Å²) in [4.78, 5) is 7.89. The second kappa shape index (κ2) is 5.21. The van der Waals surface area contributed by atoms with Crippen LogP contribution in [0.1, 0.15) is 28.3 Å². The van der Waals surface area contributed by atoms with Gasteiger partial charge in [-0.1, -0.05) is 41.5 Å². The summed E-state index contributed by atoms with van der Waals surface area (Å²) in [6.07, 6.45) is 3.98. The molecular weight excluding hydrogens is 306 g/mol. The molecule has 0 saturated heterocycles. The monoisotopic (exact) mass is 325 g/mol. The highest BCUT2D eigenvalue weighted by Crippen LogP contribution is 2.43. The van der Waals surface area contributed by atoms with E-state index < -0.39 is 0 Å². The van der Waals surface area contributed by atoms with Crippen molar-refractivity contribution in [2.75, 3.05) is 5.32 Å².